The van der Waals surface area contributed by atoms with Crippen LogP contribution >= 0.6 is 0 Å². The van der Waals surface area contributed by atoms with Gasteiger partial charge in [0.15, 0.2) is 0 Å². The van der Waals surface area contributed by atoms with Gasteiger partial charge in [-0.2, -0.15) is 0 Å². The molecule has 0 unspecified atom stereocenters. The number of piperidine rings is 1. The van der Waals surface area contributed by atoms with Crippen molar-refractivity contribution in [2.24, 2.45) is 0 Å². The van der Waals surface area contributed by atoms with Crippen molar-refractivity contribution in [3.8, 4) is 0 Å². The standard InChI is InChI=1S/C22H25N3O3/c1-24(2)18-10-8-16(9-11-18)21(27)25-13-12-22(17-6-4-3-5-7-17)19(14-25)28-15-20(26)23-22/h3-11,19H,12-15H2,1-2H3,(H,23,26)/t19-,22+/m1/s1. The average molecular weight is 379 g/mol. The van der Waals surface area contributed by atoms with Gasteiger partial charge in [0.1, 0.15) is 12.7 Å². The fourth-order valence-electron chi connectivity index (χ4n) is 4.13. The molecule has 0 radical (unpaired) electrons. The Balaban J connectivity index is 1.56. The topological polar surface area (TPSA) is 61.9 Å². The highest BCUT2D eigenvalue weighted by Gasteiger charge is 2.49. The van der Waals surface area contributed by atoms with E-state index in [2.05, 4.69) is 5.32 Å². The fourth-order valence-corrected chi connectivity index (χ4v) is 4.13. The summed E-state index contributed by atoms with van der Waals surface area (Å²) in [7, 11) is 3.94. The molecule has 0 saturated carbocycles. The van der Waals surface area contributed by atoms with Crippen LogP contribution in [0.25, 0.3) is 0 Å². The van der Waals surface area contributed by atoms with Crippen molar-refractivity contribution in [3.05, 3.63) is 65.7 Å². The number of anilines is 1. The van der Waals surface area contributed by atoms with Crippen molar-refractivity contribution < 1.29 is 14.3 Å². The molecule has 2 fully saturated rings. The number of carbonyl (C=O) groups excluding carboxylic acids is 2. The number of hydrogen-bond acceptors (Lipinski definition) is 4. The number of likely N-dealkylation sites (tertiary alicyclic amines) is 1. The third-order valence-electron chi connectivity index (χ3n) is 5.70. The van der Waals surface area contributed by atoms with E-state index in [9.17, 15) is 9.59 Å². The summed E-state index contributed by atoms with van der Waals surface area (Å²) in [6.45, 7) is 1.03. The second-order valence-corrected chi connectivity index (χ2v) is 7.63. The molecule has 2 amide bonds. The van der Waals surface area contributed by atoms with Crippen LogP contribution in [0.15, 0.2) is 54.6 Å². The zero-order valence-electron chi connectivity index (χ0n) is 16.2. The van der Waals surface area contributed by atoms with Crippen molar-refractivity contribution in [2.45, 2.75) is 18.1 Å². The van der Waals surface area contributed by atoms with Gasteiger partial charge in [0.05, 0.1) is 5.54 Å². The maximum absolute atomic E-state index is 13.0. The normalized spacial score (nSPS) is 24.3. The molecule has 28 heavy (non-hydrogen) atoms. The lowest BCUT2D eigenvalue weighted by Gasteiger charge is -2.50. The quantitative estimate of drug-likeness (QED) is 0.886. The van der Waals surface area contributed by atoms with Crippen LogP contribution in [0, 0.1) is 0 Å². The van der Waals surface area contributed by atoms with E-state index in [-0.39, 0.29) is 24.5 Å². The lowest BCUT2D eigenvalue weighted by atomic mass is 9.77. The molecule has 2 atom stereocenters. The van der Waals surface area contributed by atoms with E-state index in [1.807, 2.05) is 78.5 Å². The van der Waals surface area contributed by atoms with E-state index >= 15 is 0 Å². The largest absolute Gasteiger partial charge is 0.378 e. The summed E-state index contributed by atoms with van der Waals surface area (Å²) in [5.41, 5.74) is 2.16. The number of nitrogens with zero attached hydrogens (tertiary/aromatic N) is 2. The van der Waals surface area contributed by atoms with Crippen LogP contribution in [-0.2, 0) is 15.1 Å². The van der Waals surface area contributed by atoms with E-state index in [0.717, 1.165) is 11.3 Å². The Bertz CT molecular complexity index is 866. The Labute approximate surface area is 165 Å². The predicted molar refractivity (Wildman–Crippen MR) is 107 cm³/mol. The van der Waals surface area contributed by atoms with Gasteiger partial charge in [0, 0.05) is 38.4 Å². The van der Waals surface area contributed by atoms with Crippen molar-refractivity contribution in [2.75, 3.05) is 38.7 Å². The SMILES string of the molecule is CN(C)c1ccc(C(=O)N2CC[C@@]3(c4ccccc4)NC(=O)CO[C@@H]3C2)cc1. The Morgan fingerprint density at radius 2 is 1.86 bits per heavy atom. The highest BCUT2D eigenvalue weighted by atomic mass is 16.5. The number of ether oxygens (including phenoxy) is 1. The van der Waals surface area contributed by atoms with Gasteiger partial charge in [-0.1, -0.05) is 30.3 Å². The second-order valence-electron chi connectivity index (χ2n) is 7.63. The Morgan fingerprint density at radius 1 is 1.14 bits per heavy atom. The molecule has 0 bridgehead atoms. The Hall–Kier alpha value is -2.86. The van der Waals surface area contributed by atoms with E-state index in [0.29, 0.717) is 25.1 Å². The predicted octanol–water partition coefficient (Wildman–Crippen LogP) is 2.01. The lowest BCUT2D eigenvalue weighted by molar-refractivity contribution is -0.150. The maximum atomic E-state index is 13.0. The van der Waals surface area contributed by atoms with Gasteiger partial charge >= 0.3 is 0 Å². The van der Waals surface area contributed by atoms with Gasteiger partial charge in [-0.25, -0.2) is 0 Å². The molecule has 4 rings (SSSR count). The summed E-state index contributed by atoms with van der Waals surface area (Å²) in [5.74, 6) is -0.119. The third kappa shape index (κ3) is 3.24. The molecule has 1 N–H and O–H groups in total. The molecule has 0 aromatic heterocycles. The fraction of sp³-hybridized carbons (Fsp3) is 0.364. The molecule has 2 aromatic rings. The zero-order valence-corrected chi connectivity index (χ0v) is 16.2. The van der Waals surface area contributed by atoms with Crippen LogP contribution in [0.4, 0.5) is 5.69 Å². The number of nitrogens with one attached hydrogen (secondary N) is 1. The number of morpholine rings is 1. The van der Waals surface area contributed by atoms with Crippen LogP contribution in [0.2, 0.25) is 0 Å². The maximum Gasteiger partial charge on any atom is 0.253 e. The summed E-state index contributed by atoms with van der Waals surface area (Å²) in [6, 6.07) is 17.5. The minimum absolute atomic E-state index is 0.00697. The molecule has 0 aliphatic carbocycles. The van der Waals surface area contributed by atoms with Crippen molar-refractivity contribution in [3.63, 3.8) is 0 Å². The van der Waals surface area contributed by atoms with Crippen molar-refractivity contribution in [1.82, 2.24) is 10.2 Å². The average Bonchev–Trinajstić information content (AvgIpc) is 2.73. The molecule has 0 spiro atoms. The minimum atomic E-state index is -0.581. The molecule has 2 saturated heterocycles. The van der Waals surface area contributed by atoms with Gasteiger partial charge in [-0.15, -0.1) is 0 Å². The number of fused-ring (bicyclic) bond motifs is 1. The molecule has 6 nitrogen and oxygen atoms in total. The second kappa shape index (κ2) is 7.28. The summed E-state index contributed by atoms with van der Waals surface area (Å²) in [4.78, 5) is 29.0. The summed E-state index contributed by atoms with van der Waals surface area (Å²) < 4.78 is 5.91. The first-order chi connectivity index (χ1) is 13.5. The Morgan fingerprint density at radius 3 is 2.54 bits per heavy atom. The lowest BCUT2D eigenvalue weighted by Crippen LogP contribution is -2.67. The number of carbonyl (C=O) groups is 2. The highest BCUT2D eigenvalue weighted by Crippen LogP contribution is 2.37. The van der Waals surface area contributed by atoms with Crippen LogP contribution in [0.3, 0.4) is 0 Å². The molecular weight excluding hydrogens is 354 g/mol. The number of hydrogen-bond donors (Lipinski definition) is 1. The molecule has 2 heterocycles. The van der Waals surface area contributed by atoms with E-state index < -0.39 is 5.54 Å². The zero-order chi connectivity index (χ0) is 19.7. The van der Waals surface area contributed by atoms with Gasteiger partial charge in [0.2, 0.25) is 5.91 Å². The first-order valence-corrected chi connectivity index (χ1v) is 9.54. The van der Waals surface area contributed by atoms with Gasteiger partial charge < -0.3 is 19.9 Å². The van der Waals surface area contributed by atoms with Crippen molar-refractivity contribution in [1.29, 1.82) is 0 Å². The summed E-state index contributed by atoms with van der Waals surface area (Å²) in [6.07, 6.45) is 0.348. The van der Waals surface area contributed by atoms with E-state index in [1.54, 1.807) is 0 Å². The molecule has 146 valence electrons. The molecule has 2 aliphatic heterocycles. The monoisotopic (exact) mass is 379 g/mol. The van der Waals surface area contributed by atoms with E-state index in [4.69, 9.17) is 4.74 Å². The number of benzene rings is 2. The summed E-state index contributed by atoms with van der Waals surface area (Å²) in [5, 5.41) is 3.16. The molecule has 2 aromatic carbocycles. The highest BCUT2D eigenvalue weighted by molar-refractivity contribution is 5.94. The van der Waals surface area contributed by atoms with Crippen LogP contribution < -0.4 is 10.2 Å². The number of rotatable bonds is 3. The van der Waals surface area contributed by atoms with Gasteiger partial charge in [-0.05, 0) is 36.2 Å². The first kappa shape index (κ1) is 18.5. The van der Waals surface area contributed by atoms with Crippen LogP contribution in [0.5, 0.6) is 0 Å². The molecule has 6 heteroatoms. The molecule has 2 aliphatic rings. The van der Waals surface area contributed by atoms with Crippen molar-refractivity contribution >= 4 is 17.5 Å². The number of amides is 2. The van der Waals surface area contributed by atoms with Gasteiger partial charge in [-0.3, -0.25) is 9.59 Å². The Kier molecular flexibility index (Phi) is 4.81. The van der Waals surface area contributed by atoms with Crippen LogP contribution in [0.1, 0.15) is 22.3 Å². The molecular formula is C22H25N3O3. The summed E-state index contributed by atoms with van der Waals surface area (Å²) >= 11 is 0. The minimum Gasteiger partial charge on any atom is -0.378 e. The third-order valence-corrected chi connectivity index (χ3v) is 5.70. The van der Waals surface area contributed by atoms with Gasteiger partial charge in [0.25, 0.3) is 5.91 Å². The van der Waals surface area contributed by atoms with E-state index in [1.165, 1.54) is 0 Å². The first-order valence-electron chi connectivity index (χ1n) is 9.54. The smallest absolute Gasteiger partial charge is 0.253 e. The van der Waals surface area contributed by atoms with Crippen LogP contribution in [-0.4, -0.2) is 56.6 Å².